The summed E-state index contributed by atoms with van der Waals surface area (Å²) in [7, 11) is 1.60. The van der Waals surface area contributed by atoms with Crippen molar-refractivity contribution in [1.82, 2.24) is 19.7 Å². The summed E-state index contributed by atoms with van der Waals surface area (Å²) in [6.07, 6.45) is 1.54. The number of nitrogens with two attached hydrogens (primary N) is 1. The molecule has 0 amide bonds. The number of aryl methyl sites for hydroxylation is 2. The summed E-state index contributed by atoms with van der Waals surface area (Å²) in [5.41, 5.74) is 5.59. The average Bonchev–Trinajstić information content (AvgIpc) is 2.31. The zero-order valence-electron chi connectivity index (χ0n) is 9.80. The van der Waals surface area contributed by atoms with E-state index in [1.165, 1.54) is 16.4 Å². The van der Waals surface area contributed by atoms with Crippen LogP contribution in [0.5, 0.6) is 0 Å². The third-order valence-corrected chi connectivity index (χ3v) is 3.25. The molecule has 0 aliphatic rings. The van der Waals surface area contributed by atoms with Crippen molar-refractivity contribution in [2.75, 3.05) is 5.73 Å². The van der Waals surface area contributed by atoms with Crippen molar-refractivity contribution in [3.63, 3.8) is 0 Å². The number of anilines is 1. The van der Waals surface area contributed by atoms with Gasteiger partial charge in [-0.2, -0.15) is 4.98 Å². The molecular weight excluding hydrogens is 254 g/mol. The molecule has 0 unspecified atom stereocenters. The van der Waals surface area contributed by atoms with Crippen molar-refractivity contribution in [2.45, 2.75) is 17.1 Å². The molecule has 0 aromatic carbocycles. The van der Waals surface area contributed by atoms with E-state index in [-0.39, 0.29) is 0 Å². The van der Waals surface area contributed by atoms with Gasteiger partial charge in [-0.3, -0.25) is 19.4 Å². The van der Waals surface area contributed by atoms with E-state index < -0.39 is 11.1 Å². The van der Waals surface area contributed by atoms with Crippen LogP contribution in [0, 0.1) is 6.92 Å². The minimum atomic E-state index is -0.817. The van der Waals surface area contributed by atoms with E-state index >= 15 is 0 Å². The van der Waals surface area contributed by atoms with Crippen LogP contribution in [0.15, 0.2) is 32.0 Å². The fourth-order valence-electron chi connectivity index (χ4n) is 1.24. The molecule has 0 atom stereocenters. The summed E-state index contributed by atoms with van der Waals surface area (Å²) in [5.74, 6) is 0. The number of pyridine rings is 1. The molecule has 2 aromatic rings. The number of nitrogen functional groups attached to an aromatic ring is 1. The summed E-state index contributed by atoms with van der Waals surface area (Å²) >= 11 is 1.17. The first-order chi connectivity index (χ1) is 8.47. The highest BCUT2D eigenvalue weighted by Crippen LogP contribution is 2.24. The molecular formula is C10H11N5O2S. The van der Waals surface area contributed by atoms with E-state index in [1.807, 2.05) is 6.92 Å². The van der Waals surface area contributed by atoms with Crippen molar-refractivity contribution >= 4 is 17.4 Å². The number of nitrogens with zero attached hydrogens (tertiary/aromatic N) is 3. The van der Waals surface area contributed by atoms with Gasteiger partial charge in [-0.15, -0.1) is 0 Å². The number of nitrogens with one attached hydrogen (secondary N) is 1. The van der Waals surface area contributed by atoms with Crippen molar-refractivity contribution in [2.24, 2.45) is 7.05 Å². The maximum Gasteiger partial charge on any atom is 0.339 e. The topological polar surface area (TPSA) is 107 Å². The summed E-state index contributed by atoms with van der Waals surface area (Å²) in [6.45, 7) is 1.86. The third kappa shape index (κ3) is 2.43. The first-order valence-electron chi connectivity index (χ1n) is 5.04. The highest BCUT2D eigenvalue weighted by atomic mass is 32.2. The molecule has 18 heavy (non-hydrogen) atoms. The molecule has 0 bridgehead atoms. The quantitative estimate of drug-likeness (QED) is 0.735. The Labute approximate surface area is 106 Å². The molecule has 0 spiro atoms. The van der Waals surface area contributed by atoms with E-state index in [4.69, 9.17) is 5.73 Å². The molecule has 3 N–H and O–H groups in total. The first kappa shape index (κ1) is 12.4. The number of rotatable bonds is 2. The molecule has 0 saturated carbocycles. The second-order valence-corrected chi connectivity index (χ2v) is 4.67. The van der Waals surface area contributed by atoms with Crippen LogP contribution >= 0.6 is 11.8 Å². The van der Waals surface area contributed by atoms with Crippen LogP contribution < -0.4 is 16.9 Å². The standard InChI is InChI=1S/C10H11N5O2S/c1-5-3-7(12-4-6(5)11)18-10-13-8(16)9(17)14-15(10)2/h3-4H,11H2,1-2H3,(H,14,17). The fourth-order valence-corrected chi connectivity index (χ4v) is 2.08. The molecule has 2 heterocycles. The molecule has 0 aliphatic carbocycles. The van der Waals surface area contributed by atoms with Crippen molar-refractivity contribution < 1.29 is 0 Å². The van der Waals surface area contributed by atoms with Gasteiger partial charge in [0, 0.05) is 7.05 Å². The van der Waals surface area contributed by atoms with E-state index in [0.29, 0.717) is 15.9 Å². The van der Waals surface area contributed by atoms with Crippen molar-refractivity contribution in [1.29, 1.82) is 0 Å². The highest BCUT2D eigenvalue weighted by Gasteiger charge is 2.07. The average molecular weight is 265 g/mol. The van der Waals surface area contributed by atoms with Crippen LogP contribution in [0.25, 0.3) is 0 Å². The number of hydrogen-bond acceptors (Lipinski definition) is 6. The lowest BCUT2D eigenvalue weighted by Crippen LogP contribution is -2.33. The normalized spacial score (nSPS) is 10.6. The van der Waals surface area contributed by atoms with Crippen LogP contribution in [0.4, 0.5) is 5.69 Å². The summed E-state index contributed by atoms with van der Waals surface area (Å²) in [5, 5.41) is 3.37. The van der Waals surface area contributed by atoms with Gasteiger partial charge in [0.05, 0.1) is 11.9 Å². The Balaban J connectivity index is 2.40. The van der Waals surface area contributed by atoms with Gasteiger partial charge >= 0.3 is 11.1 Å². The minimum Gasteiger partial charge on any atom is -0.397 e. The van der Waals surface area contributed by atoms with E-state index in [0.717, 1.165) is 5.56 Å². The van der Waals surface area contributed by atoms with Gasteiger partial charge in [-0.1, -0.05) is 0 Å². The summed E-state index contributed by atoms with van der Waals surface area (Å²) in [4.78, 5) is 30.0. The molecule has 0 radical (unpaired) electrons. The lowest BCUT2D eigenvalue weighted by Gasteiger charge is -2.06. The van der Waals surface area contributed by atoms with Gasteiger partial charge in [0.1, 0.15) is 5.03 Å². The van der Waals surface area contributed by atoms with Gasteiger partial charge in [-0.05, 0) is 30.3 Å². The number of H-pyrrole nitrogens is 1. The number of aromatic nitrogens is 4. The van der Waals surface area contributed by atoms with E-state index in [1.54, 1.807) is 19.3 Å². The molecule has 8 heteroatoms. The summed E-state index contributed by atoms with van der Waals surface area (Å²) in [6, 6.07) is 1.79. The predicted molar refractivity (Wildman–Crippen MR) is 67.6 cm³/mol. The second-order valence-electron chi connectivity index (χ2n) is 3.68. The monoisotopic (exact) mass is 265 g/mol. The van der Waals surface area contributed by atoms with Crippen LogP contribution in [-0.2, 0) is 7.05 Å². The first-order valence-corrected chi connectivity index (χ1v) is 5.86. The van der Waals surface area contributed by atoms with Gasteiger partial charge in [0.2, 0.25) is 0 Å². The van der Waals surface area contributed by atoms with E-state index in [9.17, 15) is 9.59 Å². The zero-order chi connectivity index (χ0) is 13.3. The molecule has 0 fully saturated rings. The molecule has 2 rings (SSSR count). The Bertz CT molecular complexity index is 706. The zero-order valence-corrected chi connectivity index (χ0v) is 10.6. The molecule has 2 aromatic heterocycles. The SMILES string of the molecule is Cc1cc(Sc2nc(=O)c(=O)[nH]n2C)ncc1N. The van der Waals surface area contributed by atoms with Gasteiger partial charge < -0.3 is 5.73 Å². The van der Waals surface area contributed by atoms with Crippen molar-refractivity contribution in [3.05, 3.63) is 38.5 Å². The highest BCUT2D eigenvalue weighted by molar-refractivity contribution is 7.99. The number of aromatic amines is 1. The Kier molecular flexibility index (Phi) is 3.19. The van der Waals surface area contributed by atoms with Crippen LogP contribution in [0.1, 0.15) is 5.56 Å². The second kappa shape index (κ2) is 4.65. The Morgan fingerprint density at radius 1 is 1.44 bits per heavy atom. The number of hydrogen-bond donors (Lipinski definition) is 2. The Morgan fingerprint density at radius 3 is 2.83 bits per heavy atom. The maximum absolute atomic E-state index is 11.2. The lowest BCUT2D eigenvalue weighted by atomic mass is 10.3. The van der Waals surface area contributed by atoms with Crippen LogP contribution in [-0.4, -0.2) is 19.7 Å². The summed E-state index contributed by atoms with van der Waals surface area (Å²) < 4.78 is 1.38. The third-order valence-electron chi connectivity index (χ3n) is 2.27. The molecule has 7 nitrogen and oxygen atoms in total. The molecule has 94 valence electrons. The van der Waals surface area contributed by atoms with Crippen molar-refractivity contribution in [3.8, 4) is 0 Å². The fraction of sp³-hybridized carbons (Fsp3) is 0.200. The van der Waals surface area contributed by atoms with Gasteiger partial charge in [0.15, 0.2) is 5.16 Å². The molecule has 0 saturated heterocycles. The predicted octanol–water partition coefficient (Wildman–Crippen LogP) is -0.0946. The minimum absolute atomic E-state index is 0.358. The van der Waals surface area contributed by atoms with Crippen LogP contribution in [0.2, 0.25) is 0 Å². The Hall–Kier alpha value is -2.09. The smallest absolute Gasteiger partial charge is 0.339 e. The molecule has 0 aliphatic heterocycles. The Morgan fingerprint density at radius 2 is 2.17 bits per heavy atom. The van der Waals surface area contributed by atoms with Crippen LogP contribution in [0.3, 0.4) is 0 Å². The lowest BCUT2D eigenvalue weighted by molar-refractivity contribution is 0.596. The van der Waals surface area contributed by atoms with Gasteiger partial charge in [-0.25, -0.2) is 4.98 Å². The largest absolute Gasteiger partial charge is 0.397 e. The maximum atomic E-state index is 11.2. The van der Waals surface area contributed by atoms with E-state index in [2.05, 4.69) is 15.1 Å². The van der Waals surface area contributed by atoms with Gasteiger partial charge in [0.25, 0.3) is 0 Å².